The van der Waals surface area contributed by atoms with Crippen LogP contribution in [0.5, 0.6) is 0 Å². The summed E-state index contributed by atoms with van der Waals surface area (Å²) in [6, 6.07) is 6.21. The van der Waals surface area contributed by atoms with Crippen LogP contribution in [0.3, 0.4) is 0 Å². The highest BCUT2D eigenvalue weighted by molar-refractivity contribution is 7.90. The molecule has 0 saturated carbocycles. The quantitative estimate of drug-likeness (QED) is 0.534. The number of piperidine rings is 1. The summed E-state index contributed by atoms with van der Waals surface area (Å²) in [6.07, 6.45) is 3.10. The predicted octanol–water partition coefficient (Wildman–Crippen LogP) is 1.80. The molecule has 1 spiro atoms. The van der Waals surface area contributed by atoms with Gasteiger partial charge in [0.15, 0.2) is 0 Å². The molecule has 146 valence electrons. The number of rotatable bonds is 2. The average Bonchev–Trinajstić information content (AvgIpc) is 2.91. The molecule has 3 rings (SSSR count). The van der Waals surface area contributed by atoms with Crippen molar-refractivity contribution in [3.63, 3.8) is 0 Å². The second-order valence-electron chi connectivity index (χ2n) is 8.46. The molecule has 0 bridgehead atoms. The van der Waals surface area contributed by atoms with E-state index < -0.39 is 11.4 Å². The van der Waals surface area contributed by atoms with Crippen molar-refractivity contribution in [2.24, 2.45) is 5.41 Å². The molecule has 2 aliphatic rings. The van der Waals surface area contributed by atoms with Gasteiger partial charge in [-0.05, 0) is 76.4 Å². The Bertz CT molecular complexity index is 770. The monoisotopic (exact) mass is 387 g/mol. The molecule has 1 aromatic rings. The maximum absolute atomic E-state index is 12.9. The highest BCUT2D eigenvalue weighted by atomic mass is 32.2. The Labute approximate surface area is 165 Å². The smallest absolute Gasteiger partial charge is 0.295 e. The van der Waals surface area contributed by atoms with Gasteiger partial charge in [-0.15, -0.1) is 4.72 Å². The topological polar surface area (TPSA) is 76.2 Å². The number of amides is 1. The summed E-state index contributed by atoms with van der Waals surface area (Å²) < 4.78 is 16.0. The van der Waals surface area contributed by atoms with E-state index in [4.69, 9.17) is 0 Å². The van der Waals surface area contributed by atoms with Gasteiger partial charge in [0, 0.05) is 35.3 Å². The Hall–Kier alpha value is -1.52. The molecule has 27 heavy (non-hydrogen) atoms. The molecule has 1 amide bonds. The van der Waals surface area contributed by atoms with Crippen LogP contribution < -0.4 is 15.4 Å². The van der Waals surface area contributed by atoms with Gasteiger partial charge in [-0.2, -0.15) is 0 Å². The van der Waals surface area contributed by atoms with Gasteiger partial charge < -0.3 is 15.2 Å². The lowest BCUT2D eigenvalue weighted by Gasteiger charge is -2.40. The summed E-state index contributed by atoms with van der Waals surface area (Å²) in [5, 5.41) is 5.96. The Morgan fingerprint density at radius 1 is 1.33 bits per heavy atom. The Kier molecular flexibility index (Phi) is 5.87. The molecule has 3 N–H and O–H groups in total. The average molecular weight is 388 g/mol. The summed E-state index contributed by atoms with van der Waals surface area (Å²) in [7, 11) is 1.57. The zero-order valence-corrected chi connectivity index (χ0v) is 17.4. The molecule has 1 fully saturated rings. The lowest BCUT2D eigenvalue weighted by atomic mass is 9.73. The SMILES string of the molecule is CNC(=O)C#Cc1ccc2c(c1)[C@@H](N[S+]([O-])C(C)(C)C)C1(CCNCC1)C2. The largest absolute Gasteiger partial charge is 0.598 e. The van der Waals surface area contributed by atoms with Gasteiger partial charge in [0.25, 0.3) is 5.91 Å². The van der Waals surface area contributed by atoms with E-state index in [1.165, 1.54) is 11.1 Å². The van der Waals surface area contributed by atoms with Crippen molar-refractivity contribution in [1.29, 1.82) is 0 Å². The molecule has 5 nitrogen and oxygen atoms in total. The number of benzene rings is 1. The van der Waals surface area contributed by atoms with E-state index in [1.54, 1.807) is 7.05 Å². The molecule has 0 aromatic heterocycles. The molecule has 1 aliphatic carbocycles. The third-order valence-corrected chi connectivity index (χ3v) is 7.10. The number of fused-ring (bicyclic) bond motifs is 1. The van der Waals surface area contributed by atoms with E-state index in [0.717, 1.165) is 37.9 Å². The summed E-state index contributed by atoms with van der Waals surface area (Å²) in [5.41, 5.74) is 3.38. The van der Waals surface area contributed by atoms with Crippen molar-refractivity contribution >= 4 is 17.3 Å². The minimum absolute atomic E-state index is 0.0383. The normalized spacial score (nSPS) is 21.9. The fourth-order valence-electron chi connectivity index (χ4n) is 3.97. The van der Waals surface area contributed by atoms with Gasteiger partial charge in [0.05, 0.1) is 6.04 Å². The summed E-state index contributed by atoms with van der Waals surface area (Å²) >= 11 is -1.15. The molecule has 1 aliphatic heterocycles. The van der Waals surface area contributed by atoms with Crippen LogP contribution in [-0.2, 0) is 22.6 Å². The first-order valence-electron chi connectivity index (χ1n) is 9.50. The number of carbonyl (C=O) groups excluding carboxylic acids is 1. The van der Waals surface area contributed by atoms with Crippen molar-refractivity contribution in [3.05, 3.63) is 34.9 Å². The van der Waals surface area contributed by atoms with Crippen LogP contribution in [0.2, 0.25) is 0 Å². The van der Waals surface area contributed by atoms with E-state index >= 15 is 0 Å². The van der Waals surface area contributed by atoms with Crippen LogP contribution in [0.15, 0.2) is 18.2 Å². The van der Waals surface area contributed by atoms with Gasteiger partial charge in [-0.25, -0.2) is 0 Å². The second kappa shape index (κ2) is 7.84. The van der Waals surface area contributed by atoms with Crippen LogP contribution >= 0.6 is 0 Å². The van der Waals surface area contributed by atoms with E-state index in [9.17, 15) is 9.35 Å². The minimum atomic E-state index is -1.15. The van der Waals surface area contributed by atoms with E-state index in [-0.39, 0.29) is 22.1 Å². The molecule has 1 saturated heterocycles. The Morgan fingerprint density at radius 2 is 2.04 bits per heavy atom. The van der Waals surface area contributed by atoms with Crippen molar-refractivity contribution < 1.29 is 9.35 Å². The zero-order chi connectivity index (χ0) is 19.7. The molecular formula is C21H29N3O2S. The molecule has 1 aromatic carbocycles. The van der Waals surface area contributed by atoms with Crippen molar-refractivity contribution in [2.45, 2.75) is 50.8 Å². The van der Waals surface area contributed by atoms with Gasteiger partial charge in [-0.1, -0.05) is 12.0 Å². The molecule has 0 radical (unpaired) electrons. The lowest BCUT2D eigenvalue weighted by molar-refractivity contribution is -0.115. The summed E-state index contributed by atoms with van der Waals surface area (Å²) in [5.74, 6) is 5.25. The maximum atomic E-state index is 12.9. The summed E-state index contributed by atoms with van der Waals surface area (Å²) in [4.78, 5) is 11.4. The van der Waals surface area contributed by atoms with Crippen molar-refractivity contribution in [2.75, 3.05) is 20.1 Å². The standard InChI is InChI=1S/C21H29N3O2S/c1-20(2,3)27(26)24-19-17-13-15(6-8-18(25)22-4)5-7-16(17)14-21(19)9-11-23-12-10-21/h5,7,13,19,23-24H,9-12,14H2,1-4H3,(H,22,25)/t19-,27?/m1/s1. The van der Waals surface area contributed by atoms with Crippen LogP contribution in [0.25, 0.3) is 0 Å². The Morgan fingerprint density at radius 3 is 2.67 bits per heavy atom. The molecule has 2 atom stereocenters. The van der Waals surface area contributed by atoms with Gasteiger partial charge in [0.1, 0.15) is 4.75 Å². The fraction of sp³-hybridized carbons (Fsp3) is 0.571. The number of carbonyl (C=O) groups is 1. The third-order valence-electron chi connectivity index (χ3n) is 5.54. The van der Waals surface area contributed by atoms with Crippen LogP contribution in [-0.4, -0.2) is 35.3 Å². The third kappa shape index (κ3) is 4.33. The molecule has 6 heteroatoms. The predicted molar refractivity (Wildman–Crippen MR) is 109 cm³/mol. The van der Waals surface area contributed by atoms with E-state index in [0.29, 0.717) is 0 Å². The maximum Gasteiger partial charge on any atom is 0.295 e. The van der Waals surface area contributed by atoms with Gasteiger partial charge >= 0.3 is 0 Å². The molecule has 1 unspecified atom stereocenters. The van der Waals surface area contributed by atoms with Crippen molar-refractivity contribution in [3.8, 4) is 11.8 Å². The highest BCUT2D eigenvalue weighted by Gasteiger charge is 2.49. The highest BCUT2D eigenvalue weighted by Crippen LogP contribution is 2.51. The zero-order valence-electron chi connectivity index (χ0n) is 16.6. The second-order valence-corrected chi connectivity index (χ2v) is 10.5. The van der Waals surface area contributed by atoms with E-state index in [2.05, 4.69) is 39.3 Å². The first-order chi connectivity index (χ1) is 12.7. The molecule has 1 heterocycles. The van der Waals surface area contributed by atoms with Gasteiger partial charge in [0.2, 0.25) is 0 Å². The summed E-state index contributed by atoms with van der Waals surface area (Å²) in [6.45, 7) is 7.94. The first-order valence-corrected chi connectivity index (χ1v) is 10.7. The molecular weight excluding hydrogens is 358 g/mol. The van der Waals surface area contributed by atoms with E-state index in [1.807, 2.05) is 26.8 Å². The van der Waals surface area contributed by atoms with Crippen LogP contribution in [0, 0.1) is 17.3 Å². The van der Waals surface area contributed by atoms with Crippen LogP contribution in [0.1, 0.15) is 56.3 Å². The number of hydrogen-bond donors (Lipinski definition) is 3. The number of nitrogens with one attached hydrogen (secondary N) is 3. The lowest BCUT2D eigenvalue weighted by Crippen LogP contribution is -2.48. The minimum Gasteiger partial charge on any atom is -0.598 e. The van der Waals surface area contributed by atoms with Gasteiger partial charge in [-0.3, -0.25) is 4.79 Å². The fourth-order valence-corrected chi connectivity index (χ4v) is 4.91. The van der Waals surface area contributed by atoms with Crippen molar-refractivity contribution in [1.82, 2.24) is 15.4 Å². The Balaban J connectivity index is 1.96. The number of hydrogen-bond acceptors (Lipinski definition) is 4. The van der Waals surface area contributed by atoms with Crippen LogP contribution in [0.4, 0.5) is 0 Å². The first kappa shape index (κ1) is 20.2.